The number of ether oxygens (including phenoxy) is 4. The first-order valence-electron chi connectivity index (χ1n) is 38.9. The van der Waals surface area contributed by atoms with Crippen molar-refractivity contribution in [1.82, 2.24) is 5.32 Å². The van der Waals surface area contributed by atoms with Gasteiger partial charge in [0.1, 0.15) is 48.8 Å². The van der Waals surface area contributed by atoms with Crippen LogP contribution in [-0.4, -0.2) is 140 Å². The van der Waals surface area contributed by atoms with E-state index in [-0.39, 0.29) is 18.9 Å². The minimum Gasteiger partial charge on any atom is -0.394 e. The van der Waals surface area contributed by atoms with E-state index in [1.54, 1.807) is 6.08 Å². The summed E-state index contributed by atoms with van der Waals surface area (Å²) in [5.74, 6) is -0.243. The van der Waals surface area contributed by atoms with Gasteiger partial charge in [-0.2, -0.15) is 0 Å². The van der Waals surface area contributed by atoms with Gasteiger partial charge in [0, 0.05) is 6.42 Å². The van der Waals surface area contributed by atoms with Gasteiger partial charge in [-0.05, 0) is 64.2 Å². The molecular formula is C78H145NO13. The summed E-state index contributed by atoms with van der Waals surface area (Å²) in [4.78, 5) is 13.4. The summed E-state index contributed by atoms with van der Waals surface area (Å²) in [6.07, 6.45) is 66.2. The number of allylic oxidation sites excluding steroid dienone is 7. The van der Waals surface area contributed by atoms with Gasteiger partial charge < -0.3 is 65.1 Å². The molecule has 0 aliphatic carbocycles. The van der Waals surface area contributed by atoms with Gasteiger partial charge in [-0.1, -0.05) is 326 Å². The number of aliphatic hydroxyl groups excluding tert-OH is 8. The summed E-state index contributed by atoms with van der Waals surface area (Å²) in [5, 5.41) is 87.6. The topological polar surface area (TPSA) is 228 Å². The third kappa shape index (κ3) is 45.5. The summed E-state index contributed by atoms with van der Waals surface area (Å²) < 4.78 is 22.9. The summed E-state index contributed by atoms with van der Waals surface area (Å²) in [7, 11) is 0. The van der Waals surface area contributed by atoms with Gasteiger partial charge in [0.25, 0.3) is 0 Å². The highest BCUT2D eigenvalue weighted by molar-refractivity contribution is 5.76. The fraction of sp³-hybridized carbons (Fsp3) is 0.885. The molecule has 12 unspecified atom stereocenters. The van der Waals surface area contributed by atoms with E-state index < -0.39 is 86.8 Å². The van der Waals surface area contributed by atoms with E-state index in [4.69, 9.17) is 18.9 Å². The Morgan fingerprint density at radius 2 is 0.728 bits per heavy atom. The van der Waals surface area contributed by atoms with Crippen LogP contribution in [0.25, 0.3) is 0 Å². The molecule has 9 N–H and O–H groups in total. The van der Waals surface area contributed by atoms with Gasteiger partial charge in [-0.3, -0.25) is 4.79 Å². The van der Waals surface area contributed by atoms with Gasteiger partial charge in [0.2, 0.25) is 5.91 Å². The van der Waals surface area contributed by atoms with Crippen molar-refractivity contribution in [2.75, 3.05) is 19.8 Å². The van der Waals surface area contributed by atoms with Crippen molar-refractivity contribution < 1.29 is 64.6 Å². The standard InChI is InChI=1S/C78H145NO13/c1-3-5-7-9-11-13-15-17-19-21-23-25-27-29-30-31-32-33-34-35-36-38-40-42-44-46-48-50-52-54-56-58-60-62-70(83)79-66(65-89-77-75(88)73(86)76(69(64-81)91-77)92-78-74(87)72(85)71(84)68(63-80)90-78)67(82)61-59-57-55-53-51-49-47-45-43-41-39-37-28-26-24-22-20-18-16-14-12-10-8-6-4-2/h15,17,21,23,51,53,59,61,66-69,71-78,80-82,84-88H,3-14,16,18-20,22,24-50,52,54-58,60,62-65H2,1-2H3,(H,79,83)/b17-15-,23-21-,53-51+,61-59+. The Kier molecular flexibility index (Phi) is 58.4. The number of amides is 1. The van der Waals surface area contributed by atoms with Crippen molar-refractivity contribution in [3.8, 4) is 0 Å². The fourth-order valence-corrected chi connectivity index (χ4v) is 12.8. The molecule has 0 radical (unpaired) electrons. The minimum absolute atomic E-state index is 0.243. The molecule has 0 aromatic rings. The molecule has 14 nitrogen and oxygen atoms in total. The number of unbranched alkanes of at least 4 members (excludes halogenated alkanes) is 46. The molecule has 0 spiro atoms. The summed E-state index contributed by atoms with van der Waals surface area (Å²) in [5.41, 5.74) is 0. The van der Waals surface area contributed by atoms with Crippen LogP contribution in [0.1, 0.15) is 348 Å². The van der Waals surface area contributed by atoms with Crippen LogP contribution < -0.4 is 5.32 Å². The lowest BCUT2D eigenvalue weighted by Crippen LogP contribution is -2.65. The zero-order chi connectivity index (χ0) is 66.6. The summed E-state index contributed by atoms with van der Waals surface area (Å²) in [6.45, 7) is 2.83. The Morgan fingerprint density at radius 3 is 1.13 bits per heavy atom. The maximum absolute atomic E-state index is 13.4. The quantitative estimate of drug-likeness (QED) is 0.0204. The first-order chi connectivity index (χ1) is 45.1. The molecule has 2 heterocycles. The van der Waals surface area contributed by atoms with E-state index >= 15 is 0 Å². The average molecular weight is 1310 g/mol. The lowest BCUT2D eigenvalue weighted by molar-refractivity contribution is -0.359. The Morgan fingerprint density at radius 1 is 0.391 bits per heavy atom. The maximum atomic E-state index is 13.4. The van der Waals surface area contributed by atoms with Crippen molar-refractivity contribution in [3.63, 3.8) is 0 Å². The molecule has 2 saturated heterocycles. The molecule has 92 heavy (non-hydrogen) atoms. The highest BCUT2D eigenvalue weighted by Crippen LogP contribution is 2.30. The Balaban J connectivity index is 1.63. The zero-order valence-corrected chi connectivity index (χ0v) is 59.1. The molecule has 14 heteroatoms. The van der Waals surface area contributed by atoms with Crippen molar-refractivity contribution in [3.05, 3.63) is 48.6 Å². The highest BCUT2D eigenvalue weighted by Gasteiger charge is 2.51. The number of rotatable bonds is 65. The Bertz CT molecular complexity index is 1730. The molecule has 0 bridgehead atoms. The Labute approximate surface area is 563 Å². The number of hydrogen-bond acceptors (Lipinski definition) is 13. The largest absolute Gasteiger partial charge is 0.394 e. The number of nitrogens with one attached hydrogen (secondary N) is 1. The van der Waals surface area contributed by atoms with Crippen LogP contribution >= 0.6 is 0 Å². The van der Waals surface area contributed by atoms with E-state index in [0.29, 0.717) is 12.8 Å². The molecule has 12 atom stereocenters. The maximum Gasteiger partial charge on any atom is 0.220 e. The molecule has 2 fully saturated rings. The molecular weight excluding hydrogens is 1160 g/mol. The molecule has 0 aromatic heterocycles. The first kappa shape index (κ1) is 86.0. The van der Waals surface area contributed by atoms with Gasteiger partial charge in [-0.25, -0.2) is 0 Å². The van der Waals surface area contributed by atoms with Gasteiger partial charge >= 0.3 is 0 Å². The van der Waals surface area contributed by atoms with Gasteiger partial charge in [0.05, 0.1) is 32.0 Å². The van der Waals surface area contributed by atoms with E-state index in [0.717, 1.165) is 38.5 Å². The molecule has 2 aliphatic heterocycles. The second-order valence-corrected chi connectivity index (χ2v) is 27.5. The van der Waals surface area contributed by atoms with E-state index in [1.165, 1.54) is 276 Å². The van der Waals surface area contributed by atoms with Crippen LogP contribution in [0.15, 0.2) is 48.6 Å². The SMILES string of the molecule is CCCCCCC/C=C\C/C=C\CCCCCCCCCCCCCCCCCCCCCCCC(=O)NC(COC1OC(CO)C(OC2OC(CO)C(O)C(O)C2O)C(O)C1O)C(O)/C=C/CC/C=C/CCCCCCCCCCCCCCCCCCCCC. The highest BCUT2D eigenvalue weighted by atomic mass is 16.7. The van der Waals surface area contributed by atoms with E-state index in [2.05, 4.69) is 55.6 Å². The number of carbonyl (C=O) groups is 1. The second kappa shape index (κ2) is 62.5. The third-order valence-electron chi connectivity index (χ3n) is 19.0. The molecule has 2 aliphatic rings. The van der Waals surface area contributed by atoms with Crippen molar-refractivity contribution in [2.45, 2.75) is 421 Å². The predicted octanol–water partition coefficient (Wildman–Crippen LogP) is 17.0. The molecule has 540 valence electrons. The zero-order valence-electron chi connectivity index (χ0n) is 59.1. The van der Waals surface area contributed by atoms with Crippen LogP contribution in [0.4, 0.5) is 0 Å². The number of carbonyl (C=O) groups excluding carboxylic acids is 1. The monoisotopic (exact) mass is 1300 g/mol. The van der Waals surface area contributed by atoms with Crippen LogP contribution in [0.3, 0.4) is 0 Å². The minimum atomic E-state index is -1.79. The second-order valence-electron chi connectivity index (χ2n) is 27.5. The van der Waals surface area contributed by atoms with Crippen molar-refractivity contribution in [1.29, 1.82) is 0 Å². The molecule has 0 saturated carbocycles. The van der Waals surface area contributed by atoms with Gasteiger partial charge in [-0.15, -0.1) is 0 Å². The van der Waals surface area contributed by atoms with Crippen LogP contribution in [0.5, 0.6) is 0 Å². The van der Waals surface area contributed by atoms with Crippen LogP contribution in [-0.2, 0) is 23.7 Å². The lowest BCUT2D eigenvalue weighted by atomic mass is 9.97. The first-order valence-corrected chi connectivity index (χ1v) is 38.9. The summed E-state index contributed by atoms with van der Waals surface area (Å²) in [6, 6.07) is -0.933. The van der Waals surface area contributed by atoms with E-state index in [9.17, 15) is 45.6 Å². The molecule has 0 aromatic carbocycles. The van der Waals surface area contributed by atoms with Crippen molar-refractivity contribution >= 4 is 5.91 Å². The molecule has 1 amide bonds. The average Bonchev–Trinajstić information content (AvgIpc) is 0.829. The summed E-state index contributed by atoms with van der Waals surface area (Å²) >= 11 is 0. The van der Waals surface area contributed by atoms with Crippen LogP contribution in [0, 0.1) is 0 Å². The number of hydrogen-bond donors (Lipinski definition) is 9. The number of aliphatic hydroxyl groups is 8. The lowest BCUT2D eigenvalue weighted by Gasteiger charge is -2.46. The van der Waals surface area contributed by atoms with E-state index in [1.807, 2.05) is 6.08 Å². The smallest absolute Gasteiger partial charge is 0.220 e. The normalized spacial score (nSPS) is 22.9. The Hall–Kier alpha value is -2.05. The van der Waals surface area contributed by atoms with Gasteiger partial charge in [0.15, 0.2) is 12.6 Å². The predicted molar refractivity (Wildman–Crippen MR) is 378 cm³/mol. The third-order valence-corrected chi connectivity index (χ3v) is 19.0. The molecule has 2 rings (SSSR count). The van der Waals surface area contributed by atoms with Crippen LogP contribution in [0.2, 0.25) is 0 Å². The fourth-order valence-electron chi connectivity index (χ4n) is 12.8. The van der Waals surface area contributed by atoms with Crippen molar-refractivity contribution in [2.24, 2.45) is 0 Å².